The van der Waals surface area contributed by atoms with E-state index in [1.165, 1.54) is 0 Å². The number of aryl methyl sites for hydroxylation is 1. The summed E-state index contributed by atoms with van der Waals surface area (Å²) in [4.78, 5) is 12.2. The lowest BCUT2D eigenvalue weighted by molar-refractivity contribution is 0.0907. The Morgan fingerprint density at radius 1 is 1.44 bits per heavy atom. The first-order valence-corrected chi connectivity index (χ1v) is 6.50. The molecule has 1 fully saturated rings. The molecule has 0 saturated heterocycles. The molecule has 1 atom stereocenters. The highest BCUT2D eigenvalue weighted by molar-refractivity contribution is 5.97. The van der Waals surface area contributed by atoms with Crippen molar-refractivity contribution in [3.05, 3.63) is 29.3 Å². The number of amides is 1. The second kappa shape index (κ2) is 4.63. The molecule has 1 saturated carbocycles. The average molecular weight is 247 g/mol. The van der Waals surface area contributed by atoms with Crippen LogP contribution < -0.4 is 5.32 Å². The van der Waals surface area contributed by atoms with Gasteiger partial charge in [-0.2, -0.15) is 0 Å². The highest BCUT2D eigenvalue weighted by Gasteiger charge is 2.35. The van der Waals surface area contributed by atoms with E-state index >= 15 is 0 Å². The van der Waals surface area contributed by atoms with Gasteiger partial charge in [-0.15, -0.1) is 0 Å². The molecule has 1 aromatic carbocycles. The fourth-order valence-electron chi connectivity index (χ4n) is 2.66. The predicted molar refractivity (Wildman–Crippen MR) is 71.7 cm³/mol. The lowest BCUT2D eigenvalue weighted by Crippen LogP contribution is -2.41. The summed E-state index contributed by atoms with van der Waals surface area (Å²) >= 11 is 0. The number of carbonyl (C=O) groups is 1. The molecule has 1 amide bonds. The van der Waals surface area contributed by atoms with Gasteiger partial charge in [-0.25, -0.2) is 0 Å². The minimum atomic E-state index is -0.170. The highest BCUT2D eigenvalue weighted by Crippen LogP contribution is 2.37. The zero-order valence-corrected chi connectivity index (χ0v) is 11.3. The summed E-state index contributed by atoms with van der Waals surface area (Å²) in [6, 6.07) is 5.30. The van der Waals surface area contributed by atoms with Gasteiger partial charge in [-0.05, 0) is 37.3 Å². The molecule has 1 aromatic rings. The van der Waals surface area contributed by atoms with Gasteiger partial charge in [0.2, 0.25) is 0 Å². The van der Waals surface area contributed by atoms with Crippen molar-refractivity contribution in [2.45, 2.75) is 46.1 Å². The number of hydrogen-bond acceptors (Lipinski definition) is 2. The Hall–Kier alpha value is -1.51. The van der Waals surface area contributed by atoms with E-state index in [2.05, 4.69) is 19.2 Å². The minimum absolute atomic E-state index is 0.0499. The van der Waals surface area contributed by atoms with Gasteiger partial charge in [0.05, 0.1) is 5.56 Å². The van der Waals surface area contributed by atoms with E-state index in [1.54, 1.807) is 18.2 Å². The maximum Gasteiger partial charge on any atom is 0.255 e. The molecule has 3 nitrogen and oxygen atoms in total. The Kier molecular flexibility index (Phi) is 3.33. The van der Waals surface area contributed by atoms with E-state index < -0.39 is 0 Å². The molecule has 0 heterocycles. The summed E-state index contributed by atoms with van der Waals surface area (Å²) in [7, 11) is 0. The second-order valence-corrected chi connectivity index (χ2v) is 5.93. The van der Waals surface area contributed by atoms with E-state index in [1.807, 2.05) is 6.92 Å². The first-order chi connectivity index (χ1) is 8.40. The van der Waals surface area contributed by atoms with Gasteiger partial charge in [0.15, 0.2) is 0 Å². The molecule has 0 spiro atoms. The number of rotatable bonds is 2. The fraction of sp³-hybridized carbons (Fsp3) is 0.533. The van der Waals surface area contributed by atoms with Crippen molar-refractivity contribution in [2.24, 2.45) is 5.41 Å². The van der Waals surface area contributed by atoms with E-state index in [4.69, 9.17) is 0 Å². The maximum absolute atomic E-state index is 12.2. The van der Waals surface area contributed by atoms with Crippen LogP contribution in [0.1, 0.15) is 49.0 Å². The smallest absolute Gasteiger partial charge is 0.255 e. The number of phenolic OH excluding ortho intramolecular Hbond substituents is 1. The largest absolute Gasteiger partial charge is 0.507 e. The summed E-state index contributed by atoms with van der Waals surface area (Å²) in [6.07, 6.45) is 3.31. The average Bonchev–Trinajstić information content (AvgIpc) is 2.62. The third-order valence-corrected chi connectivity index (χ3v) is 3.96. The molecule has 0 bridgehead atoms. The zero-order valence-electron chi connectivity index (χ0n) is 11.3. The van der Waals surface area contributed by atoms with Gasteiger partial charge in [0.1, 0.15) is 5.75 Å². The van der Waals surface area contributed by atoms with Crippen molar-refractivity contribution in [3.8, 4) is 5.75 Å². The van der Waals surface area contributed by atoms with Gasteiger partial charge in [0.25, 0.3) is 5.91 Å². The molecule has 3 heteroatoms. The summed E-state index contributed by atoms with van der Waals surface area (Å²) in [5.41, 5.74) is 1.50. The van der Waals surface area contributed by atoms with Crippen molar-refractivity contribution in [1.82, 2.24) is 5.32 Å². The molecule has 18 heavy (non-hydrogen) atoms. The SMILES string of the molecule is Cc1ccc(O)c(C(=O)NC2CCCC2(C)C)c1. The molecule has 98 valence electrons. The standard InChI is InChI=1S/C15H21NO2/c1-10-6-7-12(17)11(9-10)14(18)16-13-5-4-8-15(13,2)3/h6-7,9,13,17H,4-5,8H2,1-3H3,(H,16,18). The maximum atomic E-state index is 12.2. The van der Waals surface area contributed by atoms with Crippen LogP contribution in [0.15, 0.2) is 18.2 Å². The minimum Gasteiger partial charge on any atom is -0.507 e. The third-order valence-electron chi connectivity index (χ3n) is 3.96. The molecular formula is C15H21NO2. The Labute approximate surface area is 108 Å². The Morgan fingerprint density at radius 2 is 2.17 bits per heavy atom. The quantitative estimate of drug-likeness (QED) is 0.844. The van der Waals surface area contributed by atoms with Crippen LogP contribution in [0.3, 0.4) is 0 Å². The van der Waals surface area contributed by atoms with Crippen molar-refractivity contribution < 1.29 is 9.90 Å². The van der Waals surface area contributed by atoms with Crippen LogP contribution in [-0.2, 0) is 0 Å². The topological polar surface area (TPSA) is 49.3 Å². The highest BCUT2D eigenvalue weighted by atomic mass is 16.3. The number of phenols is 1. The number of benzene rings is 1. The molecule has 0 aliphatic heterocycles. The third kappa shape index (κ3) is 2.50. The van der Waals surface area contributed by atoms with Crippen LogP contribution in [0.2, 0.25) is 0 Å². The molecular weight excluding hydrogens is 226 g/mol. The lowest BCUT2D eigenvalue weighted by atomic mass is 9.87. The first-order valence-electron chi connectivity index (χ1n) is 6.50. The molecule has 2 rings (SSSR count). The zero-order chi connectivity index (χ0) is 13.3. The monoisotopic (exact) mass is 247 g/mol. The summed E-state index contributed by atoms with van der Waals surface area (Å²) in [5, 5.41) is 12.8. The van der Waals surface area contributed by atoms with Crippen LogP contribution in [0.4, 0.5) is 0 Å². The number of hydrogen-bond donors (Lipinski definition) is 2. The summed E-state index contributed by atoms with van der Waals surface area (Å²) < 4.78 is 0. The van der Waals surface area contributed by atoms with E-state index in [9.17, 15) is 9.90 Å². The van der Waals surface area contributed by atoms with Gasteiger partial charge in [0, 0.05) is 6.04 Å². The fourth-order valence-corrected chi connectivity index (χ4v) is 2.66. The van der Waals surface area contributed by atoms with E-state index in [0.29, 0.717) is 5.56 Å². The molecule has 0 radical (unpaired) electrons. The van der Waals surface area contributed by atoms with Crippen LogP contribution >= 0.6 is 0 Å². The van der Waals surface area contributed by atoms with Crippen LogP contribution in [0, 0.1) is 12.3 Å². The van der Waals surface area contributed by atoms with Crippen molar-refractivity contribution >= 4 is 5.91 Å². The lowest BCUT2D eigenvalue weighted by Gasteiger charge is -2.27. The van der Waals surface area contributed by atoms with Gasteiger partial charge >= 0.3 is 0 Å². The molecule has 1 aliphatic rings. The predicted octanol–water partition coefficient (Wildman–Crippen LogP) is 3.01. The number of nitrogens with one attached hydrogen (secondary N) is 1. The van der Waals surface area contributed by atoms with Crippen molar-refractivity contribution in [3.63, 3.8) is 0 Å². The molecule has 1 aliphatic carbocycles. The van der Waals surface area contributed by atoms with Crippen molar-refractivity contribution in [1.29, 1.82) is 0 Å². The Morgan fingerprint density at radius 3 is 2.78 bits per heavy atom. The first kappa shape index (κ1) is 12.9. The van der Waals surface area contributed by atoms with E-state index in [0.717, 1.165) is 24.8 Å². The Bertz CT molecular complexity index is 466. The van der Waals surface area contributed by atoms with Crippen LogP contribution in [0.5, 0.6) is 5.75 Å². The number of carbonyl (C=O) groups excluding carboxylic acids is 1. The van der Waals surface area contributed by atoms with E-state index in [-0.39, 0.29) is 23.1 Å². The second-order valence-electron chi connectivity index (χ2n) is 5.93. The van der Waals surface area contributed by atoms with Crippen molar-refractivity contribution in [2.75, 3.05) is 0 Å². The molecule has 0 aromatic heterocycles. The van der Waals surface area contributed by atoms with Crippen LogP contribution in [-0.4, -0.2) is 17.1 Å². The van der Waals surface area contributed by atoms with Gasteiger partial charge in [-0.1, -0.05) is 31.9 Å². The number of aromatic hydroxyl groups is 1. The molecule has 1 unspecified atom stereocenters. The summed E-state index contributed by atoms with van der Waals surface area (Å²) in [6.45, 7) is 6.28. The summed E-state index contributed by atoms with van der Waals surface area (Å²) in [5.74, 6) is -0.120. The van der Waals surface area contributed by atoms with Crippen LogP contribution in [0.25, 0.3) is 0 Å². The van der Waals surface area contributed by atoms with Gasteiger partial charge in [-0.3, -0.25) is 4.79 Å². The normalized spacial score (nSPS) is 21.8. The van der Waals surface area contributed by atoms with Gasteiger partial charge < -0.3 is 10.4 Å². The molecule has 2 N–H and O–H groups in total. The Balaban J connectivity index is 2.15.